The molecule has 2 aromatic rings. The van der Waals surface area contributed by atoms with Gasteiger partial charge in [-0.15, -0.1) is 0 Å². The standard InChI is InChI=1S/C15H11ClO4/c16-11-4-1-9(2-5-11)14(17)15(18)10-3-6-12-13(7-10)20-8-19-12/h1-7,14,17H,8H2/t14-/m0/s1. The molecule has 1 aliphatic rings. The molecule has 1 heterocycles. The molecule has 4 nitrogen and oxygen atoms in total. The van der Waals surface area contributed by atoms with Crippen molar-refractivity contribution in [3.8, 4) is 11.5 Å². The van der Waals surface area contributed by atoms with E-state index in [1.165, 1.54) is 0 Å². The predicted molar refractivity (Wildman–Crippen MR) is 73.3 cm³/mol. The molecule has 3 rings (SSSR count). The van der Waals surface area contributed by atoms with Crippen LogP contribution in [0.4, 0.5) is 0 Å². The molecule has 0 aromatic heterocycles. The van der Waals surface area contributed by atoms with Crippen LogP contribution >= 0.6 is 11.6 Å². The lowest BCUT2D eigenvalue weighted by atomic mass is 10.00. The fourth-order valence-electron chi connectivity index (χ4n) is 2.00. The number of Topliss-reactive ketones (excluding diaryl/α,β-unsaturated/α-hetero) is 1. The second-order valence-electron chi connectivity index (χ2n) is 4.39. The largest absolute Gasteiger partial charge is 0.454 e. The Kier molecular flexibility index (Phi) is 3.34. The molecule has 0 saturated carbocycles. The maximum absolute atomic E-state index is 12.3. The summed E-state index contributed by atoms with van der Waals surface area (Å²) in [4.78, 5) is 12.3. The van der Waals surface area contributed by atoms with E-state index in [0.29, 0.717) is 27.6 Å². The van der Waals surface area contributed by atoms with Crippen LogP contribution < -0.4 is 9.47 Å². The summed E-state index contributed by atoms with van der Waals surface area (Å²) in [5.74, 6) is 0.715. The van der Waals surface area contributed by atoms with Crippen molar-refractivity contribution < 1.29 is 19.4 Å². The van der Waals surface area contributed by atoms with Crippen molar-refractivity contribution in [3.05, 3.63) is 58.6 Å². The van der Waals surface area contributed by atoms with Crippen molar-refractivity contribution in [2.45, 2.75) is 6.10 Å². The number of ketones is 1. The van der Waals surface area contributed by atoms with Gasteiger partial charge in [0.1, 0.15) is 6.10 Å². The van der Waals surface area contributed by atoms with Crippen LogP contribution in [0.25, 0.3) is 0 Å². The van der Waals surface area contributed by atoms with Gasteiger partial charge < -0.3 is 14.6 Å². The van der Waals surface area contributed by atoms with E-state index in [-0.39, 0.29) is 6.79 Å². The van der Waals surface area contributed by atoms with Crippen LogP contribution in [-0.4, -0.2) is 17.7 Å². The van der Waals surface area contributed by atoms with Crippen LogP contribution in [0.3, 0.4) is 0 Å². The van der Waals surface area contributed by atoms with Crippen LogP contribution in [0, 0.1) is 0 Å². The third kappa shape index (κ3) is 2.35. The summed E-state index contributed by atoms with van der Waals surface area (Å²) < 4.78 is 10.4. The molecule has 1 N–H and O–H groups in total. The van der Waals surface area contributed by atoms with Crippen molar-refractivity contribution in [2.24, 2.45) is 0 Å². The minimum Gasteiger partial charge on any atom is -0.454 e. The van der Waals surface area contributed by atoms with E-state index in [4.69, 9.17) is 21.1 Å². The van der Waals surface area contributed by atoms with Crippen LogP contribution in [-0.2, 0) is 0 Å². The topological polar surface area (TPSA) is 55.8 Å². The second-order valence-corrected chi connectivity index (χ2v) is 4.82. The molecule has 0 unspecified atom stereocenters. The number of rotatable bonds is 3. The number of ether oxygens (including phenoxy) is 2. The Morgan fingerprint density at radius 1 is 1.10 bits per heavy atom. The Labute approximate surface area is 120 Å². The molecular formula is C15H11ClO4. The van der Waals surface area contributed by atoms with Crippen LogP contribution in [0.1, 0.15) is 22.0 Å². The number of fused-ring (bicyclic) bond motifs is 1. The summed E-state index contributed by atoms with van der Waals surface area (Å²) in [5, 5.41) is 10.7. The Bertz CT molecular complexity index is 651. The molecule has 1 atom stereocenters. The van der Waals surface area contributed by atoms with E-state index in [2.05, 4.69) is 0 Å². The smallest absolute Gasteiger partial charge is 0.231 e. The molecule has 0 fully saturated rings. The lowest BCUT2D eigenvalue weighted by molar-refractivity contribution is 0.0747. The molecule has 102 valence electrons. The van der Waals surface area contributed by atoms with Gasteiger partial charge in [0.15, 0.2) is 17.3 Å². The highest BCUT2D eigenvalue weighted by molar-refractivity contribution is 6.30. The normalized spacial score (nSPS) is 14.1. The summed E-state index contributed by atoms with van der Waals surface area (Å²) in [6.07, 6.45) is -1.23. The minimum atomic E-state index is -1.23. The fraction of sp³-hybridized carbons (Fsp3) is 0.133. The summed E-state index contributed by atoms with van der Waals surface area (Å²) >= 11 is 5.78. The molecule has 2 aromatic carbocycles. The molecule has 0 aliphatic carbocycles. The number of benzene rings is 2. The second kappa shape index (κ2) is 5.15. The van der Waals surface area contributed by atoms with E-state index in [9.17, 15) is 9.90 Å². The highest BCUT2D eigenvalue weighted by Gasteiger charge is 2.22. The van der Waals surface area contributed by atoms with Gasteiger partial charge in [0.25, 0.3) is 0 Å². The van der Waals surface area contributed by atoms with E-state index in [0.717, 1.165) is 0 Å². The third-order valence-corrected chi connectivity index (χ3v) is 3.34. The van der Waals surface area contributed by atoms with Gasteiger partial charge in [-0.2, -0.15) is 0 Å². The van der Waals surface area contributed by atoms with Crippen LogP contribution in [0.2, 0.25) is 5.02 Å². The van der Waals surface area contributed by atoms with Gasteiger partial charge in [-0.25, -0.2) is 0 Å². The number of halogens is 1. The molecule has 20 heavy (non-hydrogen) atoms. The zero-order valence-electron chi connectivity index (χ0n) is 10.4. The molecule has 0 saturated heterocycles. The first-order valence-electron chi connectivity index (χ1n) is 6.02. The van der Waals surface area contributed by atoms with Gasteiger partial charge in [-0.3, -0.25) is 4.79 Å². The number of carbonyl (C=O) groups excluding carboxylic acids is 1. The van der Waals surface area contributed by atoms with Crippen molar-refractivity contribution in [2.75, 3.05) is 6.79 Å². The summed E-state index contributed by atoms with van der Waals surface area (Å²) in [6, 6.07) is 11.3. The van der Waals surface area contributed by atoms with E-state index >= 15 is 0 Å². The predicted octanol–water partition coefficient (Wildman–Crippen LogP) is 2.99. The quantitative estimate of drug-likeness (QED) is 0.883. The highest BCUT2D eigenvalue weighted by Crippen LogP contribution is 2.33. The highest BCUT2D eigenvalue weighted by atomic mass is 35.5. The zero-order chi connectivity index (χ0) is 14.1. The number of hydrogen-bond acceptors (Lipinski definition) is 4. The lowest BCUT2D eigenvalue weighted by Gasteiger charge is -2.10. The van der Waals surface area contributed by atoms with Gasteiger partial charge in [0.2, 0.25) is 6.79 Å². The zero-order valence-corrected chi connectivity index (χ0v) is 11.1. The van der Waals surface area contributed by atoms with Crippen molar-refractivity contribution >= 4 is 17.4 Å². The monoisotopic (exact) mass is 290 g/mol. The van der Waals surface area contributed by atoms with E-state index in [1.807, 2.05) is 0 Å². The molecule has 1 aliphatic heterocycles. The number of carbonyl (C=O) groups is 1. The van der Waals surface area contributed by atoms with Gasteiger partial charge >= 0.3 is 0 Å². The van der Waals surface area contributed by atoms with Gasteiger partial charge in [0.05, 0.1) is 0 Å². The van der Waals surface area contributed by atoms with Gasteiger partial charge in [-0.1, -0.05) is 23.7 Å². The Morgan fingerprint density at radius 3 is 2.55 bits per heavy atom. The molecule has 0 spiro atoms. The average Bonchev–Trinajstić information content (AvgIpc) is 2.94. The van der Waals surface area contributed by atoms with Gasteiger partial charge in [-0.05, 0) is 35.9 Å². The Balaban J connectivity index is 1.86. The molecule has 0 radical (unpaired) electrons. The molecular weight excluding hydrogens is 280 g/mol. The maximum Gasteiger partial charge on any atom is 0.231 e. The van der Waals surface area contributed by atoms with Crippen LogP contribution in [0.15, 0.2) is 42.5 Å². The first-order chi connectivity index (χ1) is 9.65. The maximum atomic E-state index is 12.3. The summed E-state index contributed by atoms with van der Waals surface area (Å²) in [7, 11) is 0. The minimum absolute atomic E-state index is 0.146. The number of aliphatic hydroxyl groups is 1. The van der Waals surface area contributed by atoms with E-state index in [1.54, 1.807) is 42.5 Å². The Hall–Kier alpha value is -2.04. The Morgan fingerprint density at radius 2 is 1.80 bits per heavy atom. The molecule has 0 amide bonds. The summed E-state index contributed by atoms with van der Waals surface area (Å²) in [6.45, 7) is 0.146. The van der Waals surface area contributed by atoms with Crippen molar-refractivity contribution in [3.63, 3.8) is 0 Å². The average molecular weight is 291 g/mol. The number of aliphatic hydroxyl groups excluding tert-OH is 1. The van der Waals surface area contributed by atoms with Crippen molar-refractivity contribution in [1.29, 1.82) is 0 Å². The van der Waals surface area contributed by atoms with Crippen LogP contribution in [0.5, 0.6) is 11.5 Å². The third-order valence-electron chi connectivity index (χ3n) is 3.09. The molecule has 0 bridgehead atoms. The van der Waals surface area contributed by atoms with E-state index < -0.39 is 11.9 Å². The summed E-state index contributed by atoms with van der Waals surface area (Å²) in [5.41, 5.74) is 0.869. The SMILES string of the molecule is O=C(c1ccc2c(c1)OCO2)[C@@H](O)c1ccc(Cl)cc1. The molecule has 5 heteroatoms. The lowest BCUT2D eigenvalue weighted by Crippen LogP contribution is -2.12. The first-order valence-corrected chi connectivity index (χ1v) is 6.40. The fourth-order valence-corrected chi connectivity index (χ4v) is 2.13. The van der Waals surface area contributed by atoms with Crippen molar-refractivity contribution in [1.82, 2.24) is 0 Å². The van der Waals surface area contributed by atoms with Gasteiger partial charge in [0, 0.05) is 10.6 Å². The number of hydrogen-bond donors (Lipinski definition) is 1. The first kappa shape index (κ1) is 13.0.